The van der Waals surface area contributed by atoms with E-state index >= 15 is 0 Å². The van der Waals surface area contributed by atoms with Crippen LogP contribution in [0.25, 0.3) is 0 Å². The molecule has 2 heterocycles. The van der Waals surface area contributed by atoms with Crippen LogP contribution in [0.3, 0.4) is 0 Å². The van der Waals surface area contributed by atoms with Crippen LogP contribution in [-0.2, 0) is 13.0 Å². The van der Waals surface area contributed by atoms with Crippen molar-refractivity contribution < 1.29 is 22.4 Å². The fourth-order valence-electron chi connectivity index (χ4n) is 2.91. The fraction of sp³-hybridized carbons (Fsp3) is 0.733. The van der Waals surface area contributed by atoms with Crippen LogP contribution >= 0.6 is 0 Å². The molecule has 24 heavy (non-hydrogen) atoms. The smallest absolute Gasteiger partial charge is 0.401 e. The molecule has 0 bridgehead atoms. The van der Waals surface area contributed by atoms with E-state index in [1.54, 1.807) is 18.7 Å². The number of hydrogen-bond donors (Lipinski definition) is 1. The van der Waals surface area contributed by atoms with Crippen molar-refractivity contribution in [1.29, 1.82) is 0 Å². The maximum absolute atomic E-state index is 12.6. The molecule has 1 aromatic heterocycles. The van der Waals surface area contributed by atoms with Gasteiger partial charge in [0.05, 0.1) is 18.8 Å². The van der Waals surface area contributed by atoms with Crippen molar-refractivity contribution in [3.63, 3.8) is 0 Å². The van der Waals surface area contributed by atoms with Crippen LogP contribution in [0.4, 0.5) is 18.0 Å². The van der Waals surface area contributed by atoms with E-state index in [2.05, 4.69) is 10.3 Å². The number of nitrogens with zero attached hydrogens (tertiary/aromatic N) is 3. The van der Waals surface area contributed by atoms with Crippen molar-refractivity contribution >= 4 is 6.03 Å². The first-order valence-electron chi connectivity index (χ1n) is 7.98. The van der Waals surface area contributed by atoms with Gasteiger partial charge in [0.2, 0.25) is 0 Å². The molecule has 1 N–H and O–H groups in total. The lowest BCUT2D eigenvalue weighted by Crippen LogP contribution is -2.61. The number of nitrogens with one attached hydrogen (secondary N) is 1. The zero-order chi connectivity index (χ0) is 17.9. The summed E-state index contributed by atoms with van der Waals surface area (Å²) >= 11 is 0. The number of aromatic nitrogens is 1. The van der Waals surface area contributed by atoms with Crippen molar-refractivity contribution in [2.75, 3.05) is 19.6 Å². The lowest BCUT2D eigenvalue weighted by atomic mass is 10.1. The number of carbonyl (C=O) groups excluding carboxylic acids is 1. The Labute approximate surface area is 139 Å². The average Bonchev–Trinajstić information content (AvgIpc) is 2.95. The number of halogens is 3. The first-order chi connectivity index (χ1) is 11.2. The van der Waals surface area contributed by atoms with E-state index in [1.807, 2.05) is 6.92 Å². The fourth-order valence-corrected chi connectivity index (χ4v) is 2.91. The second-order valence-corrected chi connectivity index (χ2v) is 6.14. The van der Waals surface area contributed by atoms with Gasteiger partial charge in [0.1, 0.15) is 6.26 Å². The lowest BCUT2D eigenvalue weighted by molar-refractivity contribution is -0.160. The van der Waals surface area contributed by atoms with Gasteiger partial charge in [-0.05, 0) is 13.8 Å². The van der Waals surface area contributed by atoms with Crippen molar-refractivity contribution in [1.82, 2.24) is 20.1 Å². The number of hydrogen-bond acceptors (Lipinski definition) is 4. The molecule has 2 amide bonds. The van der Waals surface area contributed by atoms with Gasteiger partial charge in [0, 0.05) is 31.6 Å². The molecule has 1 fully saturated rings. The highest BCUT2D eigenvalue weighted by atomic mass is 19.4. The predicted molar refractivity (Wildman–Crippen MR) is 81.4 cm³/mol. The Balaban J connectivity index is 1.87. The van der Waals surface area contributed by atoms with Crippen LogP contribution < -0.4 is 5.32 Å². The highest BCUT2D eigenvalue weighted by molar-refractivity contribution is 5.74. The standard InChI is InChI=1S/C15H23F3N4O2/c1-4-13-20-12(8-24-13)5-19-14(23)21-6-10(2)22(11(3)7-21)9-15(16,17)18/h8,10-11H,4-7,9H2,1-3H3,(H,19,23)/t10-,11+. The minimum atomic E-state index is -4.24. The van der Waals surface area contributed by atoms with Gasteiger partial charge in [-0.2, -0.15) is 13.2 Å². The minimum Gasteiger partial charge on any atom is -0.449 e. The van der Waals surface area contributed by atoms with Crippen molar-refractivity contribution in [3.8, 4) is 0 Å². The van der Waals surface area contributed by atoms with E-state index in [4.69, 9.17) is 4.42 Å². The molecule has 1 saturated heterocycles. The summed E-state index contributed by atoms with van der Waals surface area (Å²) in [5.74, 6) is 0.599. The number of alkyl halides is 3. The minimum absolute atomic E-state index is 0.230. The van der Waals surface area contributed by atoms with Crippen LogP contribution in [0.1, 0.15) is 32.4 Å². The number of urea groups is 1. The average molecular weight is 348 g/mol. The Morgan fingerprint density at radius 1 is 1.38 bits per heavy atom. The summed E-state index contributed by atoms with van der Waals surface area (Å²) in [4.78, 5) is 19.4. The van der Waals surface area contributed by atoms with Crippen LogP contribution in [0, 0.1) is 0 Å². The van der Waals surface area contributed by atoms with Crippen LogP contribution in [0.2, 0.25) is 0 Å². The molecule has 1 aliphatic rings. The number of amides is 2. The third-order valence-corrected chi connectivity index (χ3v) is 4.07. The molecule has 0 saturated carbocycles. The quantitative estimate of drug-likeness (QED) is 0.908. The van der Waals surface area contributed by atoms with Crippen LogP contribution in [-0.4, -0.2) is 58.7 Å². The summed E-state index contributed by atoms with van der Waals surface area (Å²) in [5.41, 5.74) is 0.622. The summed E-state index contributed by atoms with van der Waals surface area (Å²) < 4.78 is 43.1. The molecule has 136 valence electrons. The van der Waals surface area contributed by atoms with Gasteiger partial charge in [-0.15, -0.1) is 0 Å². The van der Waals surface area contributed by atoms with Crippen molar-refractivity contribution in [2.24, 2.45) is 0 Å². The largest absolute Gasteiger partial charge is 0.449 e. The van der Waals surface area contributed by atoms with E-state index in [0.29, 0.717) is 18.0 Å². The molecule has 1 aliphatic heterocycles. The number of rotatable bonds is 4. The molecular formula is C15H23F3N4O2. The van der Waals surface area contributed by atoms with Gasteiger partial charge in [-0.1, -0.05) is 6.92 Å². The second kappa shape index (κ2) is 7.42. The van der Waals surface area contributed by atoms with E-state index in [9.17, 15) is 18.0 Å². The Bertz CT molecular complexity index is 549. The van der Waals surface area contributed by atoms with Crippen molar-refractivity contribution in [2.45, 2.75) is 52.0 Å². The third-order valence-electron chi connectivity index (χ3n) is 4.07. The molecule has 1 aromatic rings. The lowest BCUT2D eigenvalue weighted by Gasteiger charge is -2.44. The summed E-state index contributed by atoms with van der Waals surface area (Å²) in [6.45, 7) is 5.10. The van der Waals surface area contributed by atoms with E-state index in [0.717, 1.165) is 0 Å². The van der Waals surface area contributed by atoms with E-state index in [-0.39, 0.29) is 37.7 Å². The summed E-state index contributed by atoms with van der Waals surface area (Å²) in [6.07, 6.45) is -2.08. The zero-order valence-corrected chi connectivity index (χ0v) is 14.1. The SMILES string of the molecule is CCc1nc(CNC(=O)N2C[C@@H](C)N(CC(F)(F)F)[C@@H](C)C2)co1. The molecule has 0 spiro atoms. The zero-order valence-electron chi connectivity index (χ0n) is 14.1. The van der Waals surface area contributed by atoms with Crippen LogP contribution in [0.15, 0.2) is 10.7 Å². The summed E-state index contributed by atoms with van der Waals surface area (Å²) in [6, 6.07) is -1.03. The number of carbonyl (C=O) groups is 1. The monoisotopic (exact) mass is 348 g/mol. The molecular weight excluding hydrogens is 325 g/mol. The maximum Gasteiger partial charge on any atom is 0.401 e. The molecule has 6 nitrogen and oxygen atoms in total. The van der Waals surface area contributed by atoms with Gasteiger partial charge < -0.3 is 14.6 Å². The summed E-state index contributed by atoms with van der Waals surface area (Å²) in [5, 5.41) is 2.73. The van der Waals surface area contributed by atoms with Gasteiger partial charge >= 0.3 is 12.2 Å². The first kappa shape index (κ1) is 18.6. The van der Waals surface area contributed by atoms with E-state index < -0.39 is 12.7 Å². The Morgan fingerprint density at radius 2 is 2.00 bits per heavy atom. The highest BCUT2D eigenvalue weighted by Gasteiger charge is 2.39. The number of piperazine rings is 1. The molecule has 2 atom stereocenters. The Kier molecular flexibility index (Phi) is 5.74. The Morgan fingerprint density at radius 3 is 2.50 bits per heavy atom. The van der Waals surface area contributed by atoms with Crippen molar-refractivity contribution in [3.05, 3.63) is 17.8 Å². The number of oxazole rings is 1. The van der Waals surface area contributed by atoms with E-state index in [1.165, 1.54) is 11.2 Å². The van der Waals surface area contributed by atoms with Gasteiger partial charge in [-0.25, -0.2) is 9.78 Å². The topological polar surface area (TPSA) is 61.6 Å². The third kappa shape index (κ3) is 4.86. The molecule has 9 heteroatoms. The maximum atomic E-state index is 12.6. The second-order valence-electron chi connectivity index (χ2n) is 6.14. The summed E-state index contributed by atoms with van der Waals surface area (Å²) in [7, 11) is 0. The molecule has 0 unspecified atom stereocenters. The molecule has 0 radical (unpaired) electrons. The van der Waals surface area contributed by atoms with Gasteiger partial charge in [0.25, 0.3) is 0 Å². The number of aryl methyl sites for hydroxylation is 1. The Hall–Kier alpha value is -1.77. The van der Waals surface area contributed by atoms with Gasteiger partial charge in [0.15, 0.2) is 5.89 Å². The highest BCUT2D eigenvalue weighted by Crippen LogP contribution is 2.23. The normalized spacial score (nSPS) is 22.7. The van der Waals surface area contributed by atoms with Crippen LogP contribution in [0.5, 0.6) is 0 Å². The predicted octanol–water partition coefficient (Wildman–Crippen LogP) is 2.40. The first-order valence-corrected chi connectivity index (χ1v) is 7.98. The molecule has 2 rings (SSSR count). The molecule has 0 aromatic carbocycles. The van der Waals surface area contributed by atoms with Gasteiger partial charge in [-0.3, -0.25) is 4.90 Å². The molecule has 0 aliphatic carbocycles.